The fourth-order valence-corrected chi connectivity index (χ4v) is 3.58. The molecule has 4 heteroatoms. The average Bonchev–Trinajstić information content (AvgIpc) is 2.96. The highest BCUT2D eigenvalue weighted by molar-refractivity contribution is 7.09. The summed E-state index contributed by atoms with van der Waals surface area (Å²) >= 11 is 1.58. The van der Waals surface area contributed by atoms with Crippen LogP contribution in [0.25, 0.3) is 0 Å². The SMILES string of the molecule is Cc1nc(CC2(C(=O)O)CCc3ccccc32)cs1. The van der Waals surface area contributed by atoms with Gasteiger partial charge in [-0.15, -0.1) is 11.3 Å². The molecule has 1 atom stereocenters. The molecule has 1 N–H and O–H groups in total. The maximum atomic E-state index is 11.9. The van der Waals surface area contributed by atoms with Crippen molar-refractivity contribution >= 4 is 17.3 Å². The lowest BCUT2D eigenvalue weighted by Crippen LogP contribution is -2.36. The molecule has 0 fully saturated rings. The van der Waals surface area contributed by atoms with Crippen molar-refractivity contribution in [3.05, 3.63) is 51.5 Å². The van der Waals surface area contributed by atoms with Crippen molar-refractivity contribution in [2.45, 2.75) is 31.6 Å². The van der Waals surface area contributed by atoms with Crippen LogP contribution in [0.1, 0.15) is 28.2 Å². The van der Waals surface area contributed by atoms with Gasteiger partial charge in [0.05, 0.1) is 16.1 Å². The number of fused-ring (bicyclic) bond motifs is 1. The van der Waals surface area contributed by atoms with Crippen LogP contribution in [0.15, 0.2) is 29.6 Å². The van der Waals surface area contributed by atoms with E-state index in [1.807, 2.05) is 36.6 Å². The third-order valence-electron chi connectivity index (χ3n) is 3.91. The Labute approximate surface area is 115 Å². The first-order valence-corrected chi connectivity index (χ1v) is 7.22. The van der Waals surface area contributed by atoms with Gasteiger partial charge in [-0.2, -0.15) is 0 Å². The van der Waals surface area contributed by atoms with Gasteiger partial charge in [0.15, 0.2) is 0 Å². The quantitative estimate of drug-likeness (QED) is 0.935. The van der Waals surface area contributed by atoms with E-state index in [1.165, 1.54) is 0 Å². The van der Waals surface area contributed by atoms with Crippen molar-refractivity contribution in [3.8, 4) is 0 Å². The lowest BCUT2D eigenvalue weighted by atomic mass is 9.78. The summed E-state index contributed by atoms with van der Waals surface area (Å²) in [6.45, 7) is 1.95. The van der Waals surface area contributed by atoms with Crippen molar-refractivity contribution in [1.29, 1.82) is 0 Å². The highest BCUT2D eigenvalue weighted by Crippen LogP contribution is 2.41. The second-order valence-corrected chi connectivity index (χ2v) is 6.14. The first kappa shape index (κ1) is 12.4. The van der Waals surface area contributed by atoms with Gasteiger partial charge in [0, 0.05) is 11.8 Å². The zero-order valence-corrected chi connectivity index (χ0v) is 11.5. The molecule has 0 aliphatic heterocycles. The van der Waals surface area contributed by atoms with Gasteiger partial charge < -0.3 is 5.11 Å². The average molecular weight is 273 g/mol. The molecule has 0 spiro atoms. The Morgan fingerprint density at radius 2 is 2.26 bits per heavy atom. The number of rotatable bonds is 3. The number of carboxylic acid groups (broad SMARTS) is 1. The fraction of sp³-hybridized carbons (Fsp3) is 0.333. The maximum absolute atomic E-state index is 11.9. The molecule has 98 valence electrons. The van der Waals surface area contributed by atoms with Crippen LogP contribution in [-0.2, 0) is 23.1 Å². The highest BCUT2D eigenvalue weighted by atomic mass is 32.1. The van der Waals surface area contributed by atoms with E-state index in [-0.39, 0.29) is 0 Å². The predicted octanol–water partition coefficient (Wildman–Crippen LogP) is 2.96. The summed E-state index contributed by atoms with van der Waals surface area (Å²) < 4.78 is 0. The minimum Gasteiger partial charge on any atom is -0.481 e. The molecule has 3 nitrogen and oxygen atoms in total. The molecule has 2 aromatic rings. The van der Waals surface area contributed by atoms with Gasteiger partial charge in [0.1, 0.15) is 0 Å². The molecule has 1 aromatic carbocycles. The van der Waals surface area contributed by atoms with Crippen LogP contribution >= 0.6 is 11.3 Å². The Kier molecular flexibility index (Phi) is 2.90. The van der Waals surface area contributed by atoms with E-state index >= 15 is 0 Å². The molecule has 1 aliphatic rings. The van der Waals surface area contributed by atoms with Crippen molar-refractivity contribution in [3.63, 3.8) is 0 Å². The summed E-state index contributed by atoms with van der Waals surface area (Å²) in [6, 6.07) is 7.89. The van der Waals surface area contributed by atoms with E-state index in [1.54, 1.807) is 11.3 Å². The highest BCUT2D eigenvalue weighted by Gasteiger charge is 2.45. The molecule has 1 heterocycles. The number of aryl methyl sites for hydroxylation is 2. The maximum Gasteiger partial charge on any atom is 0.314 e. The number of nitrogens with zero attached hydrogens (tertiary/aromatic N) is 1. The summed E-state index contributed by atoms with van der Waals surface area (Å²) in [7, 11) is 0. The van der Waals surface area contributed by atoms with Crippen LogP contribution in [0.5, 0.6) is 0 Å². The van der Waals surface area contributed by atoms with Crippen LogP contribution in [0, 0.1) is 6.92 Å². The topological polar surface area (TPSA) is 50.2 Å². The van der Waals surface area contributed by atoms with Gasteiger partial charge in [-0.1, -0.05) is 24.3 Å². The Hall–Kier alpha value is -1.68. The molecule has 0 radical (unpaired) electrons. The number of carbonyl (C=O) groups is 1. The Balaban J connectivity index is 2.04. The second kappa shape index (κ2) is 4.46. The number of benzene rings is 1. The largest absolute Gasteiger partial charge is 0.481 e. The molecule has 19 heavy (non-hydrogen) atoms. The summed E-state index contributed by atoms with van der Waals surface area (Å²) in [5.74, 6) is -0.733. The number of thiazole rings is 1. The number of carboxylic acids is 1. The summed E-state index contributed by atoms with van der Waals surface area (Å²) in [5.41, 5.74) is 2.23. The Bertz CT molecular complexity index is 635. The molecule has 0 amide bonds. The summed E-state index contributed by atoms with van der Waals surface area (Å²) in [6.07, 6.45) is 1.99. The second-order valence-electron chi connectivity index (χ2n) is 5.08. The van der Waals surface area contributed by atoms with Gasteiger partial charge in [0.2, 0.25) is 0 Å². The van der Waals surface area contributed by atoms with Gasteiger partial charge >= 0.3 is 5.97 Å². The van der Waals surface area contributed by atoms with Crippen molar-refractivity contribution in [1.82, 2.24) is 4.98 Å². The zero-order chi connectivity index (χ0) is 13.5. The normalized spacial score (nSPS) is 21.3. The van der Waals surface area contributed by atoms with Crippen LogP contribution < -0.4 is 0 Å². The van der Waals surface area contributed by atoms with Crippen molar-refractivity contribution < 1.29 is 9.90 Å². The van der Waals surface area contributed by atoms with Crippen molar-refractivity contribution in [2.24, 2.45) is 0 Å². The van der Waals surface area contributed by atoms with Crippen LogP contribution in [0.2, 0.25) is 0 Å². The third kappa shape index (κ3) is 1.96. The van der Waals surface area contributed by atoms with Crippen LogP contribution in [0.3, 0.4) is 0 Å². The molecule has 0 saturated carbocycles. The zero-order valence-electron chi connectivity index (χ0n) is 10.7. The first-order chi connectivity index (χ1) is 9.12. The lowest BCUT2D eigenvalue weighted by molar-refractivity contribution is -0.143. The Morgan fingerprint density at radius 1 is 1.47 bits per heavy atom. The van der Waals surface area contributed by atoms with Gasteiger partial charge in [-0.3, -0.25) is 4.79 Å². The number of hydrogen-bond acceptors (Lipinski definition) is 3. The molecular formula is C15H15NO2S. The summed E-state index contributed by atoms with van der Waals surface area (Å²) in [4.78, 5) is 16.3. The van der Waals surface area contributed by atoms with E-state index in [2.05, 4.69) is 4.98 Å². The predicted molar refractivity (Wildman–Crippen MR) is 74.6 cm³/mol. The van der Waals surface area contributed by atoms with E-state index < -0.39 is 11.4 Å². The number of aliphatic carboxylic acids is 1. The van der Waals surface area contributed by atoms with E-state index in [9.17, 15) is 9.90 Å². The fourth-order valence-electron chi connectivity index (χ4n) is 2.97. The summed E-state index contributed by atoms with van der Waals surface area (Å²) in [5, 5.41) is 12.7. The Morgan fingerprint density at radius 3 is 2.95 bits per heavy atom. The van der Waals surface area contributed by atoms with Crippen LogP contribution in [-0.4, -0.2) is 16.1 Å². The molecule has 3 rings (SSSR count). The van der Waals surface area contributed by atoms with Gasteiger partial charge in [-0.25, -0.2) is 4.98 Å². The number of hydrogen-bond donors (Lipinski definition) is 1. The standard InChI is InChI=1S/C15H15NO2S/c1-10-16-12(9-19-10)8-15(14(17)18)7-6-11-4-2-3-5-13(11)15/h2-5,9H,6-8H2,1H3,(H,17,18). The van der Waals surface area contributed by atoms with E-state index in [0.717, 1.165) is 28.2 Å². The lowest BCUT2D eigenvalue weighted by Gasteiger charge is -2.24. The van der Waals surface area contributed by atoms with E-state index in [0.29, 0.717) is 12.8 Å². The van der Waals surface area contributed by atoms with Gasteiger partial charge in [0.25, 0.3) is 0 Å². The van der Waals surface area contributed by atoms with Gasteiger partial charge in [-0.05, 0) is 30.9 Å². The molecular weight excluding hydrogens is 258 g/mol. The molecule has 1 aliphatic carbocycles. The smallest absolute Gasteiger partial charge is 0.314 e. The minimum atomic E-state index is -0.795. The van der Waals surface area contributed by atoms with Crippen molar-refractivity contribution in [2.75, 3.05) is 0 Å². The minimum absolute atomic E-state index is 0.490. The first-order valence-electron chi connectivity index (χ1n) is 6.35. The molecule has 0 bridgehead atoms. The van der Waals surface area contributed by atoms with Crippen LogP contribution in [0.4, 0.5) is 0 Å². The molecule has 1 unspecified atom stereocenters. The molecule has 1 aromatic heterocycles. The third-order valence-corrected chi connectivity index (χ3v) is 4.74. The van der Waals surface area contributed by atoms with E-state index in [4.69, 9.17) is 0 Å². The monoisotopic (exact) mass is 273 g/mol. The molecule has 0 saturated heterocycles. The number of aromatic nitrogens is 1.